The number of rotatable bonds is 3. The molecule has 0 spiro atoms. The van der Waals surface area contributed by atoms with Crippen LogP contribution in [0.1, 0.15) is 11.6 Å². The van der Waals surface area contributed by atoms with Gasteiger partial charge in [0.25, 0.3) is 0 Å². The molecule has 0 fully saturated rings. The summed E-state index contributed by atoms with van der Waals surface area (Å²) in [6, 6.07) is 11.2. The Kier molecular flexibility index (Phi) is 3.72. The van der Waals surface area contributed by atoms with Crippen LogP contribution in [0.25, 0.3) is 11.3 Å². The summed E-state index contributed by atoms with van der Waals surface area (Å²) >= 11 is 10.9. The fraction of sp³-hybridized carbons (Fsp3) is 0.0714. The number of furan rings is 1. The van der Waals surface area contributed by atoms with Crippen molar-refractivity contribution < 1.29 is 4.42 Å². The van der Waals surface area contributed by atoms with Gasteiger partial charge in [-0.05, 0) is 55.5 Å². The minimum Gasteiger partial charge on any atom is -0.455 e. The Bertz CT molecular complexity index is 844. The van der Waals surface area contributed by atoms with E-state index in [1.54, 1.807) is 6.21 Å². The van der Waals surface area contributed by atoms with E-state index < -0.39 is 0 Å². The molecule has 3 rings (SSSR count). The Morgan fingerprint density at radius 3 is 2.71 bits per heavy atom. The van der Waals surface area contributed by atoms with Crippen molar-refractivity contribution in [3.8, 4) is 11.3 Å². The number of H-pyrrole nitrogens is 1. The second kappa shape index (κ2) is 5.67. The second-order valence-electron chi connectivity index (χ2n) is 4.34. The zero-order valence-corrected chi connectivity index (χ0v) is 12.6. The van der Waals surface area contributed by atoms with Crippen molar-refractivity contribution in [1.29, 1.82) is 0 Å². The highest BCUT2D eigenvalue weighted by Gasteiger charge is 2.04. The number of nitrogens with one attached hydrogen (secondary N) is 1. The average molecular weight is 319 g/mol. The number of nitrogens with zero attached hydrogens (tertiary/aromatic N) is 3. The van der Waals surface area contributed by atoms with Crippen molar-refractivity contribution in [1.82, 2.24) is 14.9 Å². The van der Waals surface area contributed by atoms with Crippen LogP contribution >= 0.6 is 23.8 Å². The Morgan fingerprint density at radius 1 is 1.29 bits per heavy atom. The maximum absolute atomic E-state index is 5.87. The van der Waals surface area contributed by atoms with Gasteiger partial charge in [0.05, 0.1) is 6.21 Å². The summed E-state index contributed by atoms with van der Waals surface area (Å²) in [5.74, 6) is 2.06. The molecule has 0 unspecified atom stereocenters. The summed E-state index contributed by atoms with van der Waals surface area (Å²) in [6.07, 6.45) is 1.59. The van der Waals surface area contributed by atoms with E-state index in [2.05, 4.69) is 15.3 Å². The maximum Gasteiger partial charge on any atom is 0.216 e. The molecular formula is C14H11ClN4OS. The summed E-state index contributed by atoms with van der Waals surface area (Å²) in [5.41, 5.74) is 0.954. The van der Waals surface area contributed by atoms with E-state index in [0.29, 0.717) is 21.4 Å². The number of benzene rings is 1. The first-order valence-electron chi connectivity index (χ1n) is 6.17. The highest BCUT2D eigenvalue weighted by Crippen LogP contribution is 2.23. The monoisotopic (exact) mass is 318 g/mol. The van der Waals surface area contributed by atoms with Crippen molar-refractivity contribution in [2.75, 3.05) is 0 Å². The highest BCUT2D eigenvalue weighted by atomic mass is 35.5. The lowest BCUT2D eigenvalue weighted by molar-refractivity contribution is 0.574. The summed E-state index contributed by atoms with van der Waals surface area (Å²) in [5, 5.41) is 11.6. The normalized spacial score (nSPS) is 11.3. The highest BCUT2D eigenvalue weighted by molar-refractivity contribution is 7.71. The van der Waals surface area contributed by atoms with Crippen molar-refractivity contribution in [3.05, 3.63) is 57.8 Å². The third-order valence-electron chi connectivity index (χ3n) is 2.87. The summed E-state index contributed by atoms with van der Waals surface area (Å²) in [4.78, 5) is 0. The molecule has 0 aliphatic rings. The topological polar surface area (TPSA) is 59.1 Å². The van der Waals surface area contributed by atoms with Gasteiger partial charge in [0.2, 0.25) is 4.77 Å². The van der Waals surface area contributed by atoms with Gasteiger partial charge in [0.1, 0.15) is 17.3 Å². The van der Waals surface area contributed by atoms with Crippen molar-refractivity contribution in [2.24, 2.45) is 5.10 Å². The van der Waals surface area contributed by atoms with E-state index in [1.165, 1.54) is 4.68 Å². The first kappa shape index (κ1) is 13.8. The zero-order chi connectivity index (χ0) is 14.8. The van der Waals surface area contributed by atoms with Crippen LogP contribution in [0.5, 0.6) is 0 Å². The molecular weight excluding hydrogens is 308 g/mol. The van der Waals surface area contributed by atoms with Gasteiger partial charge in [0, 0.05) is 10.6 Å². The van der Waals surface area contributed by atoms with Crippen molar-refractivity contribution in [2.45, 2.75) is 6.92 Å². The van der Waals surface area contributed by atoms with Crippen LogP contribution in [0.2, 0.25) is 5.02 Å². The largest absolute Gasteiger partial charge is 0.455 e. The van der Waals surface area contributed by atoms with Gasteiger partial charge in [-0.1, -0.05) is 11.6 Å². The molecule has 2 aromatic heterocycles. The van der Waals surface area contributed by atoms with Crippen LogP contribution in [0, 0.1) is 11.7 Å². The number of hydrogen-bond acceptors (Lipinski definition) is 4. The number of aromatic nitrogens is 3. The van der Waals surface area contributed by atoms with E-state index in [-0.39, 0.29) is 0 Å². The third-order valence-corrected chi connectivity index (χ3v) is 3.38. The van der Waals surface area contributed by atoms with Gasteiger partial charge < -0.3 is 4.42 Å². The lowest BCUT2D eigenvalue weighted by Gasteiger charge is -1.96. The minimum absolute atomic E-state index is 0.438. The van der Waals surface area contributed by atoms with Crippen LogP contribution in [0.15, 0.2) is 45.9 Å². The molecule has 0 amide bonds. The molecule has 0 bridgehead atoms. The molecule has 1 N–H and O–H groups in total. The molecule has 0 atom stereocenters. The number of hydrogen-bond donors (Lipinski definition) is 1. The standard InChI is InChI=1S/C14H11ClN4OS/c1-9-17-18-14(21)19(9)16-8-12-6-7-13(20-12)10-2-4-11(15)5-3-10/h2-8H,1H3,(H,18,21). The van der Waals surface area contributed by atoms with E-state index in [4.69, 9.17) is 28.2 Å². The number of aryl methyl sites for hydroxylation is 1. The van der Waals surface area contributed by atoms with Crippen LogP contribution < -0.4 is 0 Å². The molecule has 106 valence electrons. The summed E-state index contributed by atoms with van der Waals surface area (Å²) in [7, 11) is 0. The van der Waals surface area contributed by atoms with Crippen molar-refractivity contribution in [3.63, 3.8) is 0 Å². The quantitative estimate of drug-likeness (QED) is 0.585. The Hall–Kier alpha value is -2.18. The number of aromatic amines is 1. The molecule has 1 aromatic carbocycles. The van der Waals surface area contributed by atoms with Crippen molar-refractivity contribution >= 4 is 30.0 Å². The maximum atomic E-state index is 5.87. The molecule has 0 aliphatic heterocycles. The number of halogens is 1. The van der Waals surface area contributed by atoms with E-state index in [9.17, 15) is 0 Å². The van der Waals surface area contributed by atoms with Crippen LogP contribution in [0.4, 0.5) is 0 Å². The first-order chi connectivity index (χ1) is 10.1. The predicted molar refractivity (Wildman–Crippen MR) is 84.3 cm³/mol. The summed E-state index contributed by atoms with van der Waals surface area (Å²) in [6.45, 7) is 1.81. The van der Waals surface area contributed by atoms with Gasteiger partial charge in [0.15, 0.2) is 0 Å². The van der Waals surface area contributed by atoms with Gasteiger partial charge in [-0.2, -0.15) is 14.9 Å². The lowest BCUT2D eigenvalue weighted by Crippen LogP contribution is -1.92. The second-order valence-corrected chi connectivity index (χ2v) is 5.16. The molecule has 2 heterocycles. The van der Waals surface area contributed by atoms with E-state index in [0.717, 1.165) is 11.3 Å². The Balaban J connectivity index is 1.85. The molecule has 0 radical (unpaired) electrons. The van der Waals surface area contributed by atoms with Crippen LogP contribution in [-0.4, -0.2) is 21.1 Å². The molecule has 0 aliphatic carbocycles. The van der Waals surface area contributed by atoms with E-state index in [1.807, 2.05) is 43.3 Å². The predicted octanol–water partition coefficient (Wildman–Crippen LogP) is 4.04. The zero-order valence-electron chi connectivity index (χ0n) is 11.1. The Labute approximate surface area is 130 Å². The SMILES string of the molecule is Cc1n[nH]c(=S)n1N=Cc1ccc(-c2ccc(Cl)cc2)o1. The van der Waals surface area contributed by atoms with E-state index >= 15 is 0 Å². The minimum atomic E-state index is 0.438. The third kappa shape index (κ3) is 2.96. The Morgan fingerprint density at radius 2 is 2.05 bits per heavy atom. The molecule has 21 heavy (non-hydrogen) atoms. The smallest absolute Gasteiger partial charge is 0.216 e. The van der Waals surface area contributed by atoms with Gasteiger partial charge >= 0.3 is 0 Å². The van der Waals surface area contributed by atoms with Crippen LogP contribution in [-0.2, 0) is 0 Å². The fourth-order valence-electron chi connectivity index (χ4n) is 1.81. The van der Waals surface area contributed by atoms with Gasteiger partial charge in [-0.15, -0.1) is 0 Å². The van der Waals surface area contributed by atoms with Gasteiger partial charge in [-0.25, -0.2) is 0 Å². The molecule has 0 saturated carbocycles. The average Bonchev–Trinajstić information content (AvgIpc) is 3.06. The molecule has 7 heteroatoms. The lowest BCUT2D eigenvalue weighted by atomic mass is 10.2. The van der Waals surface area contributed by atoms with Gasteiger partial charge in [-0.3, -0.25) is 5.10 Å². The molecule has 3 aromatic rings. The fourth-order valence-corrected chi connectivity index (χ4v) is 2.16. The first-order valence-corrected chi connectivity index (χ1v) is 6.96. The summed E-state index contributed by atoms with van der Waals surface area (Å²) < 4.78 is 7.68. The molecule has 0 saturated heterocycles. The van der Waals surface area contributed by atoms with Crippen LogP contribution in [0.3, 0.4) is 0 Å². The molecule has 5 nitrogen and oxygen atoms in total.